The lowest BCUT2D eigenvalue weighted by Crippen LogP contribution is -2.47. The van der Waals surface area contributed by atoms with Gasteiger partial charge in [-0.15, -0.1) is 0 Å². The summed E-state index contributed by atoms with van der Waals surface area (Å²) in [5.41, 5.74) is 1.93. The molecule has 6 rings (SSSR count). The number of benzene rings is 3. The predicted molar refractivity (Wildman–Crippen MR) is 196 cm³/mol. The van der Waals surface area contributed by atoms with Crippen molar-refractivity contribution in [3.05, 3.63) is 102 Å². The lowest BCUT2D eigenvalue weighted by atomic mass is 10.0. The SMILES string of the molecule is Cc1ccc2c(NS(=O)(=O)Cc3ccc(C(F)F)cc3)cccc2c1Oc1ncccc1-c1ccnc(N[C@H]2CCCN(C(=O)OC(C)(C)C)C2)n1. The summed E-state index contributed by atoms with van der Waals surface area (Å²) in [6.45, 7) is 8.49. The van der Waals surface area contributed by atoms with Crippen LogP contribution in [0.2, 0.25) is 0 Å². The molecule has 0 bridgehead atoms. The normalized spacial score (nSPS) is 15.1. The Morgan fingerprint density at radius 3 is 2.52 bits per heavy atom. The average molecular weight is 731 g/mol. The van der Waals surface area contributed by atoms with E-state index in [0.717, 1.165) is 18.4 Å². The van der Waals surface area contributed by atoms with Crippen LogP contribution in [0, 0.1) is 6.92 Å². The second-order valence-corrected chi connectivity index (χ2v) is 15.4. The van der Waals surface area contributed by atoms with Crippen LogP contribution < -0.4 is 14.8 Å². The van der Waals surface area contributed by atoms with E-state index < -0.39 is 27.8 Å². The zero-order valence-corrected chi connectivity index (χ0v) is 30.1. The number of likely N-dealkylation sites (tertiary alicyclic amines) is 1. The molecule has 3 heterocycles. The highest BCUT2D eigenvalue weighted by atomic mass is 32.2. The summed E-state index contributed by atoms with van der Waals surface area (Å²) in [5.74, 6) is 0.775. The number of nitrogens with one attached hydrogen (secondary N) is 2. The first-order chi connectivity index (χ1) is 24.7. The largest absolute Gasteiger partial charge is 0.444 e. The van der Waals surface area contributed by atoms with E-state index in [-0.39, 0.29) is 23.6 Å². The summed E-state index contributed by atoms with van der Waals surface area (Å²) in [6, 6.07) is 19.4. The Kier molecular flexibility index (Phi) is 10.6. The standard InChI is InChI=1S/C38H40F2N6O5S/c1-24-12-17-28-29(9-5-11-32(28)45-52(48,49)23-25-13-15-26(16-14-25)34(39)40)33(24)50-35-30(10-6-19-41-35)31-18-20-42-36(44-31)43-27-8-7-21-46(22-27)37(47)51-38(2,3)4/h5-6,9-20,27,34,45H,7-8,21-23H2,1-4H3,(H,42,43,44)/t27-/m0/s1. The fourth-order valence-electron chi connectivity index (χ4n) is 5.96. The number of piperidine rings is 1. The smallest absolute Gasteiger partial charge is 0.410 e. The van der Waals surface area contributed by atoms with Gasteiger partial charge in [-0.25, -0.2) is 36.9 Å². The van der Waals surface area contributed by atoms with Crippen molar-refractivity contribution in [3.8, 4) is 22.9 Å². The van der Waals surface area contributed by atoms with Gasteiger partial charge in [0.15, 0.2) is 0 Å². The summed E-state index contributed by atoms with van der Waals surface area (Å²) >= 11 is 0. The first kappa shape index (κ1) is 36.4. The number of aromatic nitrogens is 3. The van der Waals surface area contributed by atoms with Crippen LogP contribution in [-0.4, -0.2) is 59.1 Å². The zero-order valence-electron chi connectivity index (χ0n) is 29.3. The highest BCUT2D eigenvalue weighted by Gasteiger charge is 2.28. The van der Waals surface area contributed by atoms with Crippen molar-refractivity contribution < 1.29 is 31.5 Å². The van der Waals surface area contributed by atoms with Crippen molar-refractivity contribution in [2.45, 2.75) is 64.4 Å². The van der Waals surface area contributed by atoms with E-state index in [2.05, 4.69) is 20.0 Å². The van der Waals surface area contributed by atoms with Crippen LogP contribution in [0.1, 0.15) is 56.7 Å². The summed E-state index contributed by atoms with van der Waals surface area (Å²) in [7, 11) is -3.90. The van der Waals surface area contributed by atoms with Crippen molar-refractivity contribution in [3.63, 3.8) is 0 Å². The number of aryl methyl sites for hydroxylation is 1. The number of halogens is 2. The van der Waals surface area contributed by atoms with Crippen LogP contribution in [0.5, 0.6) is 11.6 Å². The molecule has 0 aliphatic carbocycles. The number of pyridine rings is 1. The molecule has 2 aromatic heterocycles. The molecule has 0 saturated carbocycles. The minimum atomic E-state index is -3.90. The molecule has 1 aliphatic rings. The van der Waals surface area contributed by atoms with Gasteiger partial charge in [0.2, 0.25) is 21.9 Å². The predicted octanol–water partition coefficient (Wildman–Crippen LogP) is 8.48. The molecule has 14 heteroatoms. The molecular weight excluding hydrogens is 691 g/mol. The molecule has 3 aromatic carbocycles. The van der Waals surface area contributed by atoms with Gasteiger partial charge in [0.25, 0.3) is 6.43 Å². The van der Waals surface area contributed by atoms with E-state index in [0.29, 0.717) is 58.1 Å². The maximum absolute atomic E-state index is 13.2. The molecule has 1 atom stereocenters. The van der Waals surface area contributed by atoms with Gasteiger partial charge in [-0.2, -0.15) is 0 Å². The number of carbonyl (C=O) groups excluding carboxylic acids is 1. The van der Waals surface area contributed by atoms with Gasteiger partial charge in [0.05, 0.1) is 22.7 Å². The molecule has 272 valence electrons. The molecule has 5 aromatic rings. The Hall–Kier alpha value is -5.37. The number of fused-ring (bicyclic) bond motifs is 1. The van der Waals surface area contributed by atoms with Gasteiger partial charge in [-0.3, -0.25) is 4.72 Å². The van der Waals surface area contributed by atoms with Crippen LogP contribution in [0.25, 0.3) is 22.0 Å². The zero-order chi connectivity index (χ0) is 37.0. The van der Waals surface area contributed by atoms with E-state index in [1.807, 2.05) is 52.0 Å². The Labute approximate surface area is 301 Å². The number of amides is 1. The maximum atomic E-state index is 13.2. The summed E-state index contributed by atoms with van der Waals surface area (Å²) in [5, 5.41) is 4.61. The molecule has 0 spiro atoms. The topological polar surface area (TPSA) is 136 Å². The third kappa shape index (κ3) is 8.91. The Balaban J connectivity index is 1.22. The molecule has 1 saturated heterocycles. The molecule has 0 radical (unpaired) electrons. The van der Waals surface area contributed by atoms with Crippen molar-refractivity contribution in [2.24, 2.45) is 0 Å². The lowest BCUT2D eigenvalue weighted by Gasteiger charge is -2.34. The minimum Gasteiger partial charge on any atom is -0.444 e. The van der Waals surface area contributed by atoms with Crippen LogP contribution >= 0.6 is 0 Å². The fourth-order valence-corrected chi connectivity index (χ4v) is 7.17. The number of hydrogen-bond donors (Lipinski definition) is 2. The molecule has 1 fully saturated rings. The van der Waals surface area contributed by atoms with Crippen LogP contribution in [0.3, 0.4) is 0 Å². The first-order valence-corrected chi connectivity index (χ1v) is 18.5. The highest BCUT2D eigenvalue weighted by Crippen LogP contribution is 2.39. The van der Waals surface area contributed by atoms with Gasteiger partial charge in [-0.05, 0) is 75.9 Å². The van der Waals surface area contributed by atoms with Gasteiger partial charge < -0.3 is 19.7 Å². The molecule has 1 aliphatic heterocycles. The number of anilines is 2. The maximum Gasteiger partial charge on any atom is 0.410 e. The second kappa shape index (κ2) is 15.1. The van der Waals surface area contributed by atoms with E-state index in [4.69, 9.17) is 14.5 Å². The average Bonchev–Trinajstić information content (AvgIpc) is 3.09. The third-order valence-corrected chi connectivity index (χ3v) is 9.61. The monoisotopic (exact) mass is 730 g/mol. The number of sulfonamides is 1. The van der Waals surface area contributed by atoms with Gasteiger partial charge in [0.1, 0.15) is 11.4 Å². The Morgan fingerprint density at radius 2 is 1.77 bits per heavy atom. The van der Waals surface area contributed by atoms with E-state index in [1.165, 1.54) is 24.3 Å². The quantitative estimate of drug-likeness (QED) is 0.145. The second-order valence-electron chi connectivity index (χ2n) is 13.6. The third-order valence-electron chi connectivity index (χ3n) is 8.37. The van der Waals surface area contributed by atoms with Crippen LogP contribution in [-0.2, 0) is 20.5 Å². The number of rotatable bonds is 10. The van der Waals surface area contributed by atoms with Crippen molar-refractivity contribution in [2.75, 3.05) is 23.1 Å². The highest BCUT2D eigenvalue weighted by molar-refractivity contribution is 7.91. The van der Waals surface area contributed by atoms with Crippen LogP contribution in [0.4, 0.5) is 25.2 Å². The van der Waals surface area contributed by atoms with Gasteiger partial charge >= 0.3 is 6.09 Å². The van der Waals surface area contributed by atoms with E-state index in [1.54, 1.807) is 41.6 Å². The summed E-state index contributed by atoms with van der Waals surface area (Å²) in [6.07, 6.45) is 1.91. The molecular formula is C38H40F2N6O5S. The lowest BCUT2D eigenvalue weighted by molar-refractivity contribution is 0.0206. The molecule has 2 N–H and O–H groups in total. The number of nitrogens with zero attached hydrogens (tertiary/aromatic N) is 4. The van der Waals surface area contributed by atoms with E-state index in [9.17, 15) is 22.0 Å². The Bertz CT molecular complexity index is 2180. The molecule has 1 amide bonds. The van der Waals surface area contributed by atoms with Crippen LogP contribution in [0.15, 0.2) is 85.2 Å². The van der Waals surface area contributed by atoms with E-state index >= 15 is 0 Å². The van der Waals surface area contributed by atoms with Gasteiger partial charge in [0, 0.05) is 47.9 Å². The van der Waals surface area contributed by atoms with Crippen molar-refractivity contribution in [1.82, 2.24) is 19.9 Å². The summed E-state index contributed by atoms with van der Waals surface area (Å²) < 4.78 is 67.0. The first-order valence-electron chi connectivity index (χ1n) is 16.9. The van der Waals surface area contributed by atoms with Crippen molar-refractivity contribution in [1.29, 1.82) is 0 Å². The molecule has 0 unspecified atom stereocenters. The Morgan fingerprint density at radius 1 is 0.981 bits per heavy atom. The number of alkyl halides is 2. The molecule has 11 nitrogen and oxygen atoms in total. The number of hydrogen-bond acceptors (Lipinski definition) is 9. The fraction of sp³-hybridized carbons (Fsp3) is 0.316. The molecule has 52 heavy (non-hydrogen) atoms. The number of ether oxygens (including phenoxy) is 2. The van der Waals surface area contributed by atoms with Gasteiger partial charge in [-0.1, -0.05) is 48.5 Å². The van der Waals surface area contributed by atoms with Crippen molar-refractivity contribution >= 4 is 38.5 Å². The summed E-state index contributed by atoms with van der Waals surface area (Å²) in [4.78, 5) is 28.1. The minimum absolute atomic E-state index is 0.0721. The number of carbonyl (C=O) groups is 1.